The standard InChI is InChI=1S/C14H15Br2IN4/c1-4-18-13-10(17)11(7(2)3)20-14(21-13)12-9(16)5-8(15)6-19-12/h5-7H,4H2,1-3H3,(H,18,20,21). The van der Waals surface area contributed by atoms with Gasteiger partial charge in [-0.25, -0.2) is 9.97 Å². The van der Waals surface area contributed by atoms with Crippen LogP contribution in [0.3, 0.4) is 0 Å². The van der Waals surface area contributed by atoms with Gasteiger partial charge in [0.15, 0.2) is 5.82 Å². The third kappa shape index (κ3) is 3.92. The first-order valence-corrected chi connectivity index (χ1v) is 9.23. The van der Waals surface area contributed by atoms with Crippen molar-refractivity contribution in [3.63, 3.8) is 0 Å². The SMILES string of the molecule is CCNc1nc(-c2ncc(Br)cc2Br)nc(C(C)C)c1I. The van der Waals surface area contributed by atoms with Gasteiger partial charge in [0.05, 0.1) is 9.26 Å². The second kappa shape index (κ2) is 7.32. The van der Waals surface area contributed by atoms with Gasteiger partial charge in [-0.1, -0.05) is 13.8 Å². The van der Waals surface area contributed by atoms with Gasteiger partial charge < -0.3 is 5.32 Å². The Hall–Kier alpha value is -0.280. The van der Waals surface area contributed by atoms with E-state index in [9.17, 15) is 0 Å². The van der Waals surface area contributed by atoms with Crippen molar-refractivity contribution < 1.29 is 0 Å². The molecule has 21 heavy (non-hydrogen) atoms. The van der Waals surface area contributed by atoms with Crippen LogP contribution in [-0.4, -0.2) is 21.5 Å². The number of aromatic nitrogens is 3. The number of nitrogens with zero attached hydrogens (tertiary/aromatic N) is 3. The first kappa shape index (κ1) is 17.1. The van der Waals surface area contributed by atoms with Crippen LogP contribution in [0.2, 0.25) is 0 Å². The van der Waals surface area contributed by atoms with E-state index in [1.54, 1.807) is 6.20 Å². The van der Waals surface area contributed by atoms with Crippen LogP contribution in [0.25, 0.3) is 11.5 Å². The zero-order valence-electron chi connectivity index (χ0n) is 11.9. The highest BCUT2D eigenvalue weighted by molar-refractivity contribution is 14.1. The van der Waals surface area contributed by atoms with Gasteiger partial charge in [-0.3, -0.25) is 4.98 Å². The quantitative estimate of drug-likeness (QED) is 0.556. The van der Waals surface area contributed by atoms with Gasteiger partial charge in [-0.15, -0.1) is 0 Å². The van der Waals surface area contributed by atoms with Crippen molar-refractivity contribution in [1.29, 1.82) is 0 Å². The fourth-order valence-electron chi connectivity index (χ4n) is 1.82. The van der Waals surface area contributed by atoms with E-state index in [1.165, 1.54) is 0 Å². The normalized spacial score (nSPS) is 11.0. The van der Waals surface area contributed by atoms with E-state index in [-0.39, 0.29) is 0 Å². The van der Waals surface area contributed by atoms with E-state index in [2.05, 4.69) is 90.5 Å². The zero-order valence-corrected chi connectivity index (χ0v) is 17.2. The Kier molecular flexibility index (Phi) is 5.96. The van der Waals surface area contributed by atoms with E-state index >= 15 is 0 Å². The van der Waals surface area contributed by atoms with Gasteiger partial charge in [-0.2, -0.15) is 0 Å². The van der Waals surface area contributed by atoms with Crippen LogP contribution in [0.4, 0.5) is 5.82 Å². The number of halogens is 3. The van der Waals surface area contributed by atoms with E-state index in [0.717, 1.165) is 36.3 Å². The fraction of sp³-hybridized carbons (Fsp3) is 0.357. The lowest BCUT2D eigenvalue weighted by Gasteiger charge is -2.14. The third-order valence-electron chi connectivity index (χ3n) is 2.79. The molecule has 112 valence electrons. The third-order valence-corrected chi connectivity index (χ3v) is 4.89. The molecule has 2 heterocycles. The highest BCUT2D eigenvalue weighted by Gasteiger charge is 2.17. The molecule has 0 aliphatic carbocycles. The smallest absolute Gasteiger partial charge is 0.181 e. The molecule has 0 bridgehead atoms. The minimum Gasteiger partial charge on any atom is -0.369 e. The summed E-state index contributed by atoms with van der Waals surface area (Å²) in [5, 5.41) is 3.30. The molecule has 0 aliphatic heterocycles. The molecule has 4 nitrogen and oxygen atoms in total. The Bertz CT molecular complexity index is 662. The predicted octanol–water partition coefficient (Wildman–Crippen LogP) is 5.22. The average molecular weight is 526 g/mol. The van der Waals surface area contributed by atoms with Gasteiger partial charge in [0.25, 0.3) is 0 Å². The van der Waals surface area contributed by atoms with E-state index < -0.39 is 0 Å². The van der Waals surface area contributed by atoms with Crippen LogP contribution in [0, 0.1) is 3.57 Å². The van der Waals surface area contributed by atoms with Gasteiger partial charge in [-0.05, 0) is 73.4 Å². The lowest BCUT2D eigenvalue weighted by atomic mass is 10.1. The van der Waals surface area contributed by atoms with Crippen molar-refractivity contribution in [2.75, 3.05) is 11.9 Å². The largest absolute Gasteiger partial charge is 0.369 e. The number of rotatable bonds is 4. The van der Waals surface area contributed by atoms with Crippen LogP contribution in [0.1, 0.15) is 32.4 Å². The Labute approximate surface area is 155 Å². The summed E-state index contributed by atoms with van der Waals surface area (Å²) in [4.78, 5) is 13.8. The molecule has 0 atom stereocenters. The van der Waals surface area contributed by atoms with Crippen LogP contribution >= 0.6 is 54.5 Å². The van der Waals surface area contributed by atoms with Crippen molar-refractivity contribution in [3.05, 3.63) is 30.5 Å². The van der Waals surface area contributed by atoms with Gasteiger partial charge in [0.1, 0.15) is 11.5 Å². The number of pyridine rings is 1. The first-order valence-electron chi connectivity index (χ1n) is 6.56. The topological polar surface area (TPSA) is 50.7 Å². The molecular weight excluding hydrogens is 511 g/mol. The van der Waals surface area contributed by atoms with Gasteiger partial charge >= 0.3 is 0 Å². The van der Waals surface area contributed by atoms with Gasteiger partial charge in [0.2, 0.25) is 0 Å². The highest BCUT2D eigenvalue weighted by atomic mass is 127. The predicted molar refractivity (Wildman–Crippen MR) is 102 cm³/mol. The molecule has 0 fully saturated rings. The number of anilines is 1. The molecule has 0 saturated heterocycles. The summed E-state index contributed by atoms with van der Waals surface area (Å²) in [6.45, 7) is 7.14. The molecule has 0 radical (unpaired) electrons. The van der Waals surface area contributed by atoms with Crippen molar-refractivity contribution in [2.24, 2.45) is 0 Å². The molecule has 2 aromatic heterocycles. The molecule has 2 rings (SSSR count). The Morgan fingerprint density at radius 2 is 2.00 bits per heavy atom. The fourth-order valence-corrected chi connectivity index (χ4v) is 4.04. The van der Waals surface area contributed by atoms with Crippen LogP contribution in [-0.2, 0) is 0 Å². The molecule has 0 spiro atoms. The molecule has 0 unspecified atom stereocenters. The summed E-state index contributed by atoms with van der Waals surface area (Å²) >= 11 is 9.25. The van der Waals surface area contributed by atoms with Crippen molar-refractivity contribution >= 4 is 60.3 Å². The van der Waals surface area contributed by atoms with Crippen LogP contribution in [0.5, 0.6) is 0 Å². The lowest BCUT2D eigenvalue weighted by Crippen LogP contribution is -2.09. The van der Waals surface area contributed by atoms with E-state index in [0.29, 0.717) is 11.7 Å². The zero-order chi connectivity index (χ0) is 15.6. The number of hydrogen-bond acceptors (Lipinski definition) is 4. The molecule has 0 saturated carbocycles. The number of nitrogens with one attached hydrogen (secondary N) is 1. The monoisotopic (exact) mass is 524 g/mol. The average Bonchev–Trinajstić information content (AvgIpc) is 2.41. The molecule has 7 heteroatoms. The Morgan fingerprint density at radius 3 is 2.57 bits per heavy atom. The summed E-state index contributed by atoms with van der Waals surface area (Å²) in [5.41, 5.74) is 1.78. The summed E-state index contributed by atoms with van der Waals surface area (Å²) in [7, 11) is 0. The summed E-state index contributed by atoms with van der Waals surface area (Å²) in [6, 6.07) is 1.95. The second-order valence-electron chi connectivity index (χ2n) is 4.76. The Balaban J connectivity index is 2.62. The van der Waals surface area contributed by atoms with Crippen molar-refractivity contribution in [3.8, 4) is 11.5 Å². The first-order chi connectivity index (χ1) is 9.93. The van der Waals surface area contributed by atoms with Crippen LogP contribution < -0.4 is 5.32 Å². The van der Waals surface area contributed by atoms with Crippen molar-refractivity contribution in [2.45, 2.75) is 26.7 Å². The molecule has 2 aromatic rings. The van der Waals surface area contributed by atoms with E-state index in [1.807, 2.05) is 6.07 Å². The lowest BCUT2D eigenvalue weighted by molar-refractivity contribution is 0.807. The molecule has 1 N–H and O–H groups in total. The second-order valence-corrected chi connectivity index (χ2v) is 7.61. The minimum atomic E-state index is 0.324. The molecule has 0 aliphatic rings. The van der Waals surface area contributed by atoms with Crippen LogP contribution in [0.15, 0.2) is 21.2 Å². The summed E-state index contributed by atoms with van der Waals surface area (Å²) in [6.07, 6.45) is 1.75. The maximum Gasteiger partial charge on any atom is 0.181 e. The summed E-state index contributed by atoms with van der Waals surface area (Å²) < 4.78 is 2.86. The molecule has 0 aromatic carbocycles. The number of hydrogen-bond donors (Lipinski definition) is 1. The van der Waals surface area contributed by atoms with Crippen molar-refractivity contribution in [1.82, 2.24) is 15.0 Å². The highest BCUT2D eigenvalue weighted by Crippen LogP contribution is 2.31. The molecular formula is C14H15Br2IN4. The molecule has 0 amide bonds. The summed E-state index contributed by atoms with van der Waals surface area (Å²) in [5.74, 6) is 1.82. The minimum absolute atomic E-state index is 0.324. The maximum atomic E-state index is 4.71. The van der Waals surface area contributed by atoms with E-state index in [4.69, 9.17) is 4.98 Å². The maximum absolute atomic E-state index is 4.71. The van der Waals surface area contributed by atoms with Gasteiger partial charge in [0, 0.05) is 21.7 Å². The Morgan fingerprint density at radius 1 is 1.29 bits per heavy atom.